The Kier molecular flexibility index (Phi) is 3.64. The Labute approximate surface area is 80.3 Å². The molecule has 0 saturated carbocycles. The van der Waals surface area contributed by atoms with Crippen molar-refractivity contribution in [1.29, 1.82) is 0 Å². The second-order valence-electron chi connectivity index (χ2n) is 2.40. The average molecular weight is 198 g/mol. The van der Waals surface area contributed by atoms with E-state index in [2.05, 4.69) is 0 Å². The fourth-order valence-corrected chi connectivity index (χ4v) is 1.72. The zero-order valence-electron chi connectivity index (χ0n) is 7.28. The zero-order valence-corrected chi connectivity index (χ0v) is 8.10. The van der Waals surface area contributed by atoms with Gasteiger partial charge in [0.2, 0.25) is 0 Å². The summed E-state index contributed by atoms with van der Waals surface area (Å²) in [5.74, 6) is -0.248. The van der Waals surface area contributed by atoms with E-state index in [0.717, 1.165) is 11.2 Å². The van der Waals surface area contributed by atoms with Gasteiger partial charge in [0.1, 0.15) is 0 Å². The fourth-order valence-electron chi connectivity index (χ4n) is 0.907. The molecule has 0 fully saturated rings. The number of aldehydes is 1. The van der Waals surface area contributed by atoms with Crippen LogP contribution in [0.4, 0.5) is 0 Å². The Morgan fingerprint density at radius 3 is 2.92 bits per heavy atom. The lowest BCUT2D eigenvalue weighted by molar-refractivity contribution is -0.142. The Balaban J connectivity index is 2.53. The van der Waals surface area contributed by atoms with Crippen LogP contribution in [0.3, 0.4) is 0 Å². The van der Waals surface area contributed by atoms with Crippen molar-refractivity contribution in [1.82, 2.24) is 0 Å². The van der Waals surface area contributed by atoms with Crippen LogP contribution >= 0.6 is 11.3 Å². The van der Waals surface area contributed by atoms with E-state index < -0.39 is 0 Å². The van der Waals surface area contributed by atoms with E-state index in [-0.39, 0.29) is 12.4 Å². The van der Waals surface area contributed by atoms with E-state index in [9.17, 15) is 9.59 Å². The molecule has 0 aliphatic rings. The molecule has 0 unspecified atom stereocenters. The van der Waals surface area contributed by atoms with Gasteiger partial charge < -0.3 is 4.74 Å². The maximum atomic E-state index is 11.0. The molecule has 1 rings (SSSR count). The minimum Gasteiger partial charge on any atom is -0.466 e. The quantitative estimate of drug-likeness (QED) is 0.546. The van der Waals surface area contributed by atoms with Crippen molar-refractivity contribution >= 4 is 23.6 Å². The maximum Gasteiger partial charge on any atom is 0.311 e. The predicted molar refractivity (Wildman–Crippen MR) is 50.0 cm³/mol. The molecule has 1 aromatic heterocycles. The Morgan fingerprint density at radius 1 is 1.62 bits per heavy atom. The van der Waals surface area contributed by atoms with Crippen LogP contribution in [0.15, 0.2) is 12.1 Å². The standard InChI is InChI=1S/C9H10O3S/c1-2-12-9(11)5-7-3-4-8(6-10)13-7/h3-4,6H,2,5H2,1H3. The number of hydrogen-bond donors (Lipinski definition) is 0. The van der Waals surface area contributed by atoms with Crippen molar-refractivity contribution in [2.45, 2.75) is 13.3 Å². The lowest BCUT2D eigenvalue weighted by Gasteiger charge is -1.97. The molecular weight excluding hydrogens is 188 g/mol. The molecule has 0 saturated heterocycles. The molecule has 1 heterocycles. The number of rotatable bonds is 4. The van der Waals surface area contributed by atoms with E-state index in [4.69, 9.17) is 4.74 Å². The molecule has 0 N–H and O–H groups in total. The summed E-state index contributed by atoms with van der Waals surface area (Å²) in [4.78, 5) is 22.8. The van der Waals surface area contributed by atoms with Crippen LogP contribution in [0.2, 0.25) is 0 Å². The van der Waals surface area contributed by atoms with Crippen LogP contribution in [0.1, 0.15) is 21.5 Å². The summed E-state index contributed by atoms with van der Waals surface area (Å²) in [5, 5.41) is 0. The number of ether oxygens (including phenoxy) is 1. The van der Waals surface area contributed by atoms with Crippen molar-refractivity contribution in [2.24, 2.45) is 0 Å². The highest BCUT2D eigenvalue weighted by molar-refractivity contribution is 7.13. The van der Waals surface area contributed by atoms with Crippen molar-refractivity contribution in [3.63, 3.8) is 0 Å². The summed E-state index contributed by atoms with van der Waals surface area (Å²) in [7, 11) is 0. The first kappa shape index (κ1) is 9.92. The topological polar surface area (TPSA) is 43.4 Å². The van der Waals surface area contributed by atoms with E-state index >= 15 is 0 Å². The Bertz CT molecular complexity index is 304. The highest BCUT2D eigenvalue weighted by Crippen LogP contribution is 2.15. The highest BCUT2D eigenvalue weighted by atomic mass is 32.1. The molecule has 4 heteroatoms. The molecule has 13 heavy (non-hydrogen) atoms. The first-order valence-corrected chi connectivity index (χ1v) is 4.77. The van der Waals surface area contributed by atoms with Crippen LogP contribution in [0, 0.1) is 0 Å². The van der Waals surface area contributed by atoms with Gasteiger partial charge in [0.05, 0.1) is 17.9 Å². The van der Waals surface area contributed by atoms with Crippen LogP contribution in [-0.4, -0.2) is 18.9 Å². The van der Waals surface area contributed by atoms with Crippen LogP contribution < -0.4 is 0 Å². The van der Waals surface area contributed by atoms with Crippen LogP contribution in [0.5, 0.6) is 0 Å². The number of carbonyl (C=O) groups is 2. The van der Waals surface area contributed by atoms with Crippen molar-refractivity contribution < 1.29 is 14.3 Å². The lowest BCUT2D eigenvalue weighted by Crippen LogP contribution is -2.06. The molecule has 0 amide bonds. The number of carbonyl (C=O) groups excluding carboxylic acids is 2. The predicted octanol–water partition coefficient (Wildman–Crippen LogP) is 1.67. The fraction of sp³-hybridized carbons (Fsp3) is 0.333. The van der Waals surface area contributed by atoms with Gasteiger partial charge in [-0.3, -0.25) is 9.59 Å². The number of esters is 1. The van der Waals surface area contributed by atoms with Crippen LogP contribution in [0.25, 0.3) is 0 Å². The molecule has 0 aliphatic heterocycles. The van der Waals surface area contributed by atoms with E-state index in [0.29, 0.717) is 11.5 Å². The summed E-state index contributed by atoms with van der Waals surface area (Å²) in [5.41, 5.74) is 0. The average Bonchev–Trinajstić information content (AvgIpc) is 2.52. The van der Waals surface area contributed by atoms with Crippen LogP contribution in [-0.2, 0) is 16.0 Å². The molecule has 0 spiro atoms. The molecule has 3 nitrogen and oxygen atoms in total. The maximum absolute atomic E-state index is 11.0. The summed E-state index contributed by atoms with van der Waals surface area (Å²) in [6, 6.07) is 3.47. The van der Waals surface area contributed by atoms with Crippen molar-refractivity contribution in [3.05, 3.63) is 21.9 Å². The lowest BCUT2D eigenvalue weighted by atomic mass is 10.3. The molecule has 0 radical (unpaired) electrons. The minimum absolute atomic E-state index is 0.248. The summed E-state index contributed by atoms with van der Waals surface area (Å²) < 4.78 is 4.77. The molecule has 0 atom stereocenters. The zero-order chi connectivity index (χ0) is 9.68. The number of thiophene rings is 1. The third kappa shape index (κ3) is 2.99. The third-order valence-electron chi connectivity index (χ3n) is 1.42. The van der Waals surface area contributed by atoms with Gasteiger partial charge in [-0.1, -0.05) is 0 Å². The molecular formula is C9H10O3S. The smallest absolute Gasteiger partial charge is 0.311 e. The summed E-state index contributed by atoms with van der Waals surface area (Å²) >= 11 is 1.32. The van der Waals surface area contributed by atoms with E-state index in [1.54, 1.807) is 19.1 Å². The minimum atomic E-state index is -0.248. The van der Waals surface area contributed by atoms with Gasteiger partial charge >= 0.3 is 5.97 Å². The normalized spacial score (nSPS) is 9.62. The van der Waals surface area contributed by atoms with Gasteiger partial charge in [-0.2, -0.15) is 0 Å². The largest absolute Gasteiger partial charge is 0.466 e. The second kappa shape index (κ2) is 4.77. The molecule has 0 bridgehead atoms. The SMILES string of the molecule is CCOC(=O)Cc1ccc(C=O)s1. The molecule has 1 aromatic rings. The van der Waals surface area contributed by atoms with Crippen molar-refractivity contribution in [2.75, 3.05) is 6.61 Å². The summed E-state index contributed by atoms with van der Waals surface area (Å²) in [6.45, 7) is 2.16. The van der Waals surface area contributed by atoms with E-state index in [1.807, 2.05) is 0 Å². The highest BCUT2D eigenvalue weighted by Gasteiger charge is 2.06. The monoisotopic (exact) mass is 198 g/mol. The van der Waals surface area contributed by atoms with Gasteiger partial charge in [0.15, 0.2) is 6.29 Å². The first-order valence-electron chi connectivity index (χ1n) is 3.95. The Hall–Kier alpha value is -1.16. The van der Waals surface area contributed by atoms with E-state index in [1.165, 1.54) is 11.3 Å². The van der Waals surface area contributed by atoms with Gasteiger partial charge in [-0.05, 0) is 19.1 Å². The van der Waals surface area contributed by atoms with Crippen molar-refractivity contribution in [3.8, 4) is 0 Å². The molecule has 70 valence electrons. The first-order chi connectivity index (χ1) is 6.26. The second-order valence-corrected chi connectivity index (χ2v) is 3.60. The van der Waals surface area contributed by atoms with Gasteiger partial charge in [-0.25, -0.2) is 0 Å². The molecule has 0 aromatic carbocycles. The summed E-state index contributed by atoms with van der Waals surface area (Å²) in [6.07, 6.45) is 1.03. The number of hydrogen-bond acceptors (Lipinski definition) is 4. The Morgan fingerprint density at radius 2 is 2.38 bits per heavy atom. The van der Waals surface area contributed by atoms with Gasteiger partial charge in [0, 0.05) is 4.88 Å². The van der Waals surface area contributed by atoms with Gasteiger partial charge in [-0.15, -0.1) is 11.3 Å². The third-order valence-corrected chi connectivity index (χ3v) is 2.43. The van der Waals surface area contributed by atoms with Gasteiger partial charge in [0.25, 0.3) is 0 Å². The molecule has 0 aliphatic carbocycles.